The molecule has 1 fully saturated rings. The molecule has 0 heterocycles. The Labute approximate surface area is 59.0 Å². The molecule has 0 spiro atoms. The maximum absolute atomic E-state index is 12.4. The number of rotatable bonds is 1. The van der Waals surface area contributed by atoms with Crippen LogP contribution in [0.5, 0.6) is 0 Å². The van der Waals surface area contributed by atoms with Crippen LogP contribution in [0.25, 0.3) is 0 Å². The highest BCUT2D eigenvalue weighted by Gasteiger charge is 2.20. The lowest BCUT2D eigenvalue weighted by atomic mass is 9.88. The zero-order chi connectivity index (χ0) is 7.56. The molecule has 0 N–H and O–H groups in total. The SMILES string of the molecule is O=C([O-])C1CCC(F)CC1. The van der Waals surface area contributed by atoms with E-state index in [1.165, 1.54) is 0 Å². The Kier molecular flexibility index (Phi) is 2.25. The van der Waals surface area contributed by atoms with Gasteiger partial charge in [0.1, 0.15) is 6.17 Å². The average Bonchev–Trinajstić information content (AvgIpc) is 1.88. The molecule has 2 nitrogen and oxygen atoms in total. The summed E-state index contributed by atoms with van der Waals surface area (Å²) in [6, 6.07) is 0. The summed E-state index contributed by atoms with van der Waals surface area (Å²) >= 11 is 0. The zero-order valence-electron chi connectivity index (χ0n) is 5.68. The zero-order valence-corrected chi connectivity index (χ0v) is 5.68. The predicted molar refractivity (Wildman–Crippen MR) is 31.9 cm³/mol. The first-order chi connectivity index (χ1) is 4.70. The van der Waals surface area contributed by atoms with Crippen molar-refractivity contribution in [3.63, 3.8) is 0 Å². The molecule has 0 unspecified atom stereocenters. The van der Waals surface area contributed by atoms with Crippen LogP contribution < -0.4 is 5.11 Å². The average molecular weight is 145 g/mol. The lowest BCUT2D eigenvalue weighted by molar-refractivity contribution is -0.312. The molecule has 1 rings (SSSR count). The summed E-state index contributed by atoms with van der Waals surface area (Å²) in [5.74, 6) is -1.42. The van der Waals surface area contributed by atoms with Crippen molar-refractivity contribution in [3.05, 3.63) is 0 Å². The van der Waals surface area contributed by atoms with Crippen LogP contribution in [0.15, 0.2) is 0 Å². The van der Waals surface area contributed by atoms with Crippen molar-refractivity contribution >= 4 is 5.97 Å². The lowest BCUT2D eigenvalue weighted by Crippen LogP contribution is -2.34. The molecule has 3 heteroatoms. The molecule has 0 aromatic heterocycles. The van der Waals surface area contributed by atoms with Crippen molar-refractivity contribution in [1.29, 1.82) is 0 Å². The van der Waals surface area contributed by atoms with Crippen molar-refractivity contribution < 1.29 is 14.3 Å². The third-order valence-electron chi connectivity index (χ3n) is 1.99. The number of carboxylic acid groups (broad SMARTS) is 1. The highest BCUT2D eigenvalue weighted by Crippen LogP contribution is 2.25. The van der Waals surface area contributed by atoms with Crippen molar-refractivity contribution in [2.45, 2.75) is 31.9 Å². The third kappa shape index (κ3) is 1.69. The number of hydrogen-bond donors (Lipinski definition) is 0. The molecule has 0 bridgehead atoms. The van der Waals surface area contributed by atoms with Crippen molar-refractivity contribution in [1.82, 2.24) is 0 Å². The van der Waals surface area contributed by atoms with Crippen LogP contribution in [0.2, 0.25) is 0 Å². The van der Waals surface area contributed by atoms with E-state index in [1.54, 1.807) is 0 Å². The standard InChI is InChI=1S/C7H11FO2/c8-6-3-1-5(2-4-6)7(9)10/h5-6H,1-4H2,(H,9,10)/p-1. The quantitative estimate of drug-likeness (QED) is 0.531. The van der Waals surface area contributed by atoms with E-state index in [2.05, 4.69) is 0 Å². The topological polar surface area (TPSA) is 40.1 Å². The number of carbonyl (C=O) groups excluding carboxylic acids is 1. The van der Waals surface area contributed by atoms with Gasteiger partial charge in [-0.2, -0.15) is 0 Å². The fourth-order valence-corrected chi connectivity index (χ4v) is 1.29. The molecular formula is C7H10FO2-. The summed E-state index contributed by atoms with van der Waals surface area (Å²) in [7, 11) is 0. The van der Waals surface area contributed by atoms with E-state index in [0.29, 0.717) is 25.7 Å². The van der Waals surface area contributed by atoms with Gasteiger partial charge in [-0.15, -0.1) is 0 Å². The molecule has 0 aromatic rings. The minimum atomic E-state index is -1.02. The second-order valence-corrected chi connectivity index (χ2v) is 2.77. The number of aliphatic carboxylic acids is 1. The van der Waals surface area contributed by atoms with Crippen molar-refractivity contribution in [2.24, 2.45) is 5.92 Å². The van der Waals surface area contributed by atoms with Gasteiger partial charge < -0.3 is 9.90 Å². The predicted octanol–water partition coefficient (Wildman–Crippen LogP) is 0.265. The Hall–Kier alpha value is -0.600. The maximum Gasteiger partial charge on any atom is 0.100 e. The van der Waals surface area contributed by atoms with E-state index < -0.39 is 18.1 Å². The molecule has 1 saturated carbocycles. The Morgan fingerprint density at radius 1 is 1.30 bits per heavy atom. The number of hydrogen-bond acceptors (Lipinski definition) is 2. The molecular weight excluding hydrogens is 135 g/mol. The van der Waals surface area contributed by atoms with Crippen LogP contribution in [-0.2, 0) is 4.79 Å². The normalized spacial score (nSPS) is 33.7. The Bertz CT molecular complexity index is 128. The van der Waals surface area contributed by atoms with Crippen molar-refractivity contribution in [3.8, 4) is 0 Å². The summed E-state index contributed by atoms with van der Waals surface area (Å²) in [5, 5.41) is 10.2. The van der Waals surface area contributed by atoms with Gasteiger partial charge in [-0.05, 0) is 31.6 Å². The van der Waals surface area contributed by atoms with E-state index in [-0.39, 0.29) is 0 Å². The van der Waals surface area contributed by atoms with Gasteiger partial charge >= 0.3 is 0 Å². The molecule has 0 aromatic carbocycles. The van der Waals surface area contributed by atoms with Crippen LogP contribution in [-0.4, -0.2) is 12.1 Å². The number of alkyl halides is 1. The van der Waals surface area contributed by atoms with Gasteiger partial charge in [0.05, 0.1) is 0 Å². The third-order valence-corrected chi connectivity index (χ3v) is 1.99. The number of carbonyl (C=O) groups is 1. The van der Waals surface area contributed by atoms with Crippen molar-refractivity contribution in [2.75, 3.05) is 0 Å². The van der Waals surface area contributed by atoms with Gasteiger partial charge in [0.15, 0.2) is 0 Å². The van der Waals surface area contributed by atoms with Gasteiger partial charge in [0.2, 0.25) is 0 Å². The molecule has 1 aliphatic carbocycles. The molecule has 1 aliphatic rings. The first kappa shape index (κ1) is 7.51. The van der Waals surface area contributed by atoms with Gasteiger partial charge in [0.25, 0.3) is 0 Å². The Balaban J connectivity index is 2.33. The number of carboxylic acids is 1. The molecule has 0 saturated heterocycles. The Morgan fingerprint density at radius 3 is 2.20 bits per heavy atom. The molecule has 0 amide bonds. The fourth-order valence-electron chi connectivity index (χ4n) is 1.29. The van der Waals surface area contributed by atoms with Crippen LogP contribution >= 0.6 is 0 Å². The molecule has 58 valence electrons. The van der Waals surface area contributed by atoms with Gasteiger partial charge in [0, 0.05) is 5.97 Å². The lowest BCUT2D eigenvalue weighted by Gasteiger charge is -2.24. The van der Waals surface area contributed by atoms with E-state index in [0.717, 1.165) is 0 Å². The minimum Gasteiger partial charge on any atom is -0.550 e. The molecule has 0 radical (unpaired) electrons. The van der Waals surface area contributed by atoms with E-state index in [1.807, 2.05) is 0 Å². The van der Waals surface area contributed by atoms with Gasteiger partial charge in [-0.3, -0.25) is 0 Å². The summed E-state index contributed by atoms with van der Waals surface area (Å²) in [5.41, 5.74) is 0. The molecule has 10 heavy (non-hydrogen) atoms. The smallest absolute Gasteiger partial charge is 0.100 e. The van der Waals surface area contributed by atoms with Crippen LogP contribution in [0.1, 0.15) is 25.7 Å². The second-order valence-electron chi connectivity index (χ2n) is 2.77. The minimum absolute atomic E-state index is 0.388. The summed E-state index contributed by atoms with van der Waals surface area (Å²) in [6.45, 7) is 0. The van der Waals surface area contributed by atoms with Crippen LogP contribution in [0.4, 0.5) is 4.39 Å². The summed E-state index contributed by atoms with van der Waals surface area (Å²) in [4.78, 5) is 10.2. The van der Waals surface area contributed by atoms with Gasteiger partial charge in [-0.1, -0.05) is 0 Å². The van der Waals surface area contributed by atoms with E-state index in [4.69, 9.17) is 0 Å². The van der Waals surface area contributed by atoms with E-state index >= 15 is 0 Å². The maximum atomic E-state index is 12.4. The summed E-state index contributed by atoms with van der Waals surface area (Å²) in [6.07, 6.45) is 0.889. The first-order valence-electron chi connectivity index (χ1n) is 3.55. The number of halogens is 1. The first-order valence-corrected chi connectivity index (χ1v) is 3.55. The second kappa shape index (κ2) is 2.99. The molecule has 0 atom stereocenters. The Morgan fingerprint density at radius 2 is 1.80 bits per heavy atom. The summed E-state index contributed by atoms with van der Waals surface area (Å²) < 4.78 is 12.4. The van der Waals surface area contributed by atoms with E-state index in [9.17, 15) is 14.3 Å². The fraction of sp³-hybridized carbons (Fsp3) is 0.857. The van der Waals surface area contributed by atoms with Gasteiger partial charge in [-0.25, -0.2) is 4.39 Å². The van der Waals surface area contributed by atoms with Crippen LogP contribution in [0.3, 0.4) is 0 Å². The van der Waals surface area contributed by atoms with Crippen LogP contribution in [0, 0.1) is 5.92 Å². The highest BCUT2D eigenvalue weighted by atomic mass is 19.1. The largest absolute Gasteiger partial charge is 0.550 e. The highest BCUT2D eigenvalue weighted by molar-refractivity contribution is 5.67. The molecule has 0 aliphatic heterocycles. The monoisotopic (exact) mass is 145 g/mol.